The number of fused-ring (bicyclic) bond motifs is 2. The molecule has 3 atom stereocenters. The summed E-state index contributed by atoms with van der Waals surface area (Å²) in [6, 6.07) is 25.3. The Balaban J connectivity index is 1.48. The zero-order valence-corrected chi connectivity index (χ0v) is 23.3. The van der Waals surface area contributed by atoms with Gasteiger partial charge in [-0.25, -0.2) is 12.6 Å². The minimum Gasteiger partial charge on any atom is -0.392 e. The van der Waals surface area contributed by atoms with E-state index in [1.54, 1.807) is 54.6 Å². The Morgan fingerprint density at radius 1 is 1.02 bits per heavy atom. The topological polar surface area (TPSA) is 127 Å². The third-order valence-corrected chi connectivity index (χ3v) is 9.71. The highest BCUT2D eigenvalue weighted by atomic mass is 32.2. The van der Waals surface area contributed by atoms with Crippen LogP contribution in [0.15, 0.2) is 91.0 Å². The molecular weight excluding hydrogens is 550 g/mol. The fourth-order valence-corrected chi connectivity index (χ4v) is 7.14. The van der Waals surface area contributed by atoms with Crippen molar-refractivity contribution in [2.45, 2.75) is 25.1 Å². The summed E-state index contributed by atoms with van der Waals surface area (Å²) in [4.78, 5) is 13.5. The first-order valence-electron chi connectivity index (χ1n) is 12.6. The van der Waals surface area contributed by atoms with Gasteiger partial charge in [-0.1, -0.05) is 72.8 Å². The molecule has 40 heavy (non-hydrogen) atoms. The predicted molar refractivity (Wildman–Crippen MR) is 156 cm³/mol. The molecule has 1 heterocycles. The molecule has 0 fully saturated rings. The molecule has 0 spiro atoms. The van der Waals surface area contributed by atoms with Crippen molar-refractivity contribution in [1.82, 2.24) is 5.32 Å². The third-order valence-electron chi connectivity index (χ3n) is 7.12. The van der Waals surface area contributed by atoms with Gasteiger partial charge in [0.15, 0.2) is 0 Å². The maximum absolute atomic E-state index is 13.5. The molecule has 0 saturated heterocycles. The molecule has 11 heteroatoms. The molecule has 0 saturated carbocycles. The Kier molecular flexibility index (Phi) is 7.90. The van der Waals surface area contributed by atoms with Gasteiger partial charge in [0.05, 0.1) is 42.2 Å². The summed E-state index contributed by atoms with van der Waals surface area (Å²) in [5, 5.41) is 14.2. The second-order valence-corrected chi connectivity index (χ2v) is 12.5. The molecular formula is C29H29N3O6S2. The van der Waals surface area contributed by atoms with Crippen LogP contribution in [0.4, 0.5) is 11.4 Å². The summed E-state index contributed by atoms with van der Waals surface area (Å²) >= 11 is -2.48. The average molecular weight is 580 g/mol. The number of carbonyl (C=O) groups excluding carboxylic acids is 1. The molecule has 0 bridgehead atoms. The van der Waals surface area contributed by atoms with Crippen LogP contribution in [0.2, 0.25) is 0 Å². The molecule has 0 aliphatic carbocycles. The molecule has 208 valence electrons. The standard InChI is InChI=1S/C29H29N3O6S2/c1-31-28-15-20(18-33)11-14-25(28)26(19-40(31,37)38)30-29(34)17-27(22-8-3-2-4-9-22)32(39(35)36)24-13-12-21-7-5-6-10-23(21)16-24/h2-16,26-27,33H,17-19H2,1H3,(H,30,34)(H,35,36). The van der Waals surface area contributed by atoms with Crippen LogP contribution in [0.25, 0.3) is 10.8 Å². The molecule has 4 aromatic rings. The fourth-order valence-electron chi connectivity index (χ4n) is 5.07. The molecule has 0 aromatic heterocycles. The largest absolute Gasteiger partial charge is 0.392 e. The van der Waals surface area contributed by atoms with Gasteiger partial charge in [-0.2, -0.15) is 0 Å². The highest BCUT2D eigenvalue weighted by molar-refractivity contribution is 7.92. The summed E-state index contributed by atoms with van der Waals surface area (Å²) in [6.45, 7) is -0.250. The van der Waals surface area contributed by atoms with Crippen LogP contribution >= 0.6 is 0 Å². The average Bonchev–Trinajstić information content (AvgIpc) is 2.95. The zero-order chi connectivity index (χ0) is 28.4. The van der Waals surface area contributed by atoms with Crippen LogP contribution in [0.1, 0.15) is 35.2 Å². The Bertz CT molecular complexity index is 1680. The van der Waals surface area contributed by atoms with Crippen LogP contribution in [-0.4, -0.2) is 41.0 Å². The number of nitrogens with one attached hydrogen (secondary N) is 1. The van der Waals surface area contributed by atoms with E-state index in [9.17, 15) is 27.1 Å². The number of hydrogen-bond donors (Lipinski definition) is 3. The van der Waals surface area contributed by atoms with Crippen molar-refractivity contribution in [3.63, 3.8) is 0 Å². The van der Waals surface area contributed by atoms with Crippen molar-refractivity contribution in [3.05, 3.63) is 108 Å². The lowest BCUT2D eigenvalue weighted by atomic mass is 10.0. The van der Waals surface area contributed by atoms with E-state index >= 15 is 0 Å². The normalized spacial score (nSPS) is 17.6. The Hall–Kier alpha value is -3.77. The van der Waals surface area contributed by atoms with Gasteiger partial charge in [0.1, 0.15) is 0 Å². The number of nitrogens with zero attached hydrogens (tertiary/aromatic N) is 2. The Labute approximate surface area is 235 Å². The molecule has 9 nitrogen and oxygen atoms in total. The molecule has 3 N–H and O–H groups in total. The van der Waals surface area contributed by atoms with E-state index < -0.39 is 39.3 Å². The third kappa shape index (κ3) is 5.59. The molecule has 0 radical (unpaired) electrons. The second kappa shape index (κ2) is 11.4. The number of rotatable bonds is 8. The van der Waals surface area contributed by atoms with Crippen LogP contribution in [0, 0.1) is 0 Å². The summed E-state index contributed by atoms with van der Waals surface area (Å²) < 4.78 is 51.5. The van der Waals surface area contributed by atoms with Crippen molar-refractivity contribution in [2.75, 3.05) is 21.4 Å². The maximum Gasteiger partial charge on any atom is 0.262 e. The number of benzene rings is 4. The van der Waals surface area contributed by atoms with Crippen LogP contribution in [0.3, 0.4) is 0 Å². The van der Waals surface area contributed by atoms with Gasteiger partial charge in [-0.15, -0.1) is 0 Å². The molecule has 1 amide bonds. The summed E-state index contributed by atoms with van der Waals surface area (Å²) in [5.74, 6) is -0.816. The number of sulfonamides is 1. The first-order valence-corrected chi connectivity index (χ1v) is 15.3. The Morgan fingerprint density at radius 3 is 2.42 bits per heavy atom. The first kappa shape index (κ1) is 27.8. The second-order valence-electron chi connectivity index (χ2n) is 9.64. The minimum absolute atomic E-state index is 0.209. The quantitative estimate of drug-likeness (QED) is 0.271. The van der Waals surface area contributed by atoms with E-state index in [2.05, 4.69) is 5.32 Å². The Morgan fingerprint density at radius 2 is 1.73 bits per heavy atom. The van der Waals surface area contributed by atoms with Gasteiger partial charge in [0.2, 0.25) is 15.9 Å². The number of aliphatic hydroxyl groups is 1. The van der Waals surface area contributed by atoms with Crippen molar-refractivity contribution in [2.24, 2.45) is 0 Å². The molecule has 1 aliphatic rings. The molecule has 5 rings (SSSR count). The van der Waals surface area contributed by atoms with Crippen molar-refractivity contribution in [3.8, 4) is 0 Å². The summed E-state index contributed by atoms with van der Waals surface area (Å²) in [5.41, 5.74) is 2.66. The van der Waals surface area contributed by atoms with E-state index in [1.165, 1.54) is 11.4 Å². The predicted octanol–water partition coefficient (Wildman–Crippen LogP) is 4.04. The van der Waals surface area contributed by atoms with Crippen LogP contribution in [0.5, 0.6) is 0 Å². The molecule has 1 aliphatic heterocycles. The van der Waals surface area contributed by atoms with Crippen LogP contribution < -0.4 is 13.9 Å². The van der Waals surface area contributed by atoms with Crippen LogP contribution in [-0.2, 0) is 32.7 Å². The van der Waals surface area contributed by atoms with Gasteiger partial charge in [-0.3, -0.25) is 18.0 Å². The van der Waals surface area contributed by atoms with Crippen molar-refractivity contribution in [1.29, 1.82) is 0 Å². The smallest absolute Gasteiger partial charge is 0.262 e. The number of hydrogen-bond acceptors (Lipinski definition) is 5. The SMILES string of the molecule is CN1c2cc(CO)ccc2C(NC(=O)CC(c2ccccc2)N(c2ccc3ccccc3c2)S(=O)O)CS1(=O)=O. The number of anilines is 2. The van der Waals surface area contributed by atoms with Gasteiger partial charge >= 0.3 is 0 Å². The monoisotopic (exact) mass is 579 g/mol. The lowest BCUT2D eigenvalue weighted by Gasteiger charge is -2.34. The van der Waals surface area contributed by atoms with E-state index in [0.29, 0.717) is 28.1 Å². The van der Waals surface area contributed by atoms with Gasteiger partial charge in [-0.05, 0) is 45.7 Å². The van der Waals surface area contributed by atoms with E-state index in [-0.39, 0.29) is 18.8 Å². The molecule has 3 unspecified atom stereocenters. The zero-order valence-electron chi connectivity index (χ0n) is 21.7. The number of aliphatic hydroxyl groups excluding tert-OH is 1. The van der Waals surface area contributed by atoms with Gasteiger partial charge < -0.3 is 10.4 Å². The first-order chi connectivity index (χ1) is 19.2. The number of carbonyl (C=O) groups is 1. The fraction of sp³-hybridized carbons (Fsp3) is 0.207. The van der Waals surface area contributed by atoms with E-state index in [0.717, 1.165) is 15.1 Å². The van der Waals surface area contributed by atoms with Gasteiger partial charge in [0.25, 0.3) is 11.3 Å². The minimum atomic E-state index is -3.73. The maximum atomic E-state index is 13.5. The lowest BCUT2D eigenvalue weighted by Crippen LogP contribution is -2.44. The van der Waals surface area contributed by atoms with E-state index in [4.69, 9.17) is 0 Å². The van der Waals surface area contributed by atoms with Crippen molar-refractivity contribution >= 4 is 49.3 Å². The van der Waals surface area contributed by atoms with Gasteiger partial charge in [0, 0.05) is 7.05 Å². The molecule has 4 aromatic carbocycles. The van der Waals surface area contributed by atoms with Crippen molar-refractivity contribution < 1.29 is 27.1 Å². The summed E-state index contributed by atoms with van der Waals surface area (Å²) in [7, 11) is -2.29. The van der Waals surface area contributed by atoms with E-state index in [1.807, 2.05) is 36.4 Å². The lowest BCUT2D eigenvalue weighted by molar-refractivity contribution is -0.122. The number of amides is 1. The highest BCUT2D eigenvalue weighted by Gasteiger charge is 2.36. The summed E-state index contributed by atoms with van der Waals surface area (Å²) in [6.07, 6.45) is -0.209. The highest BCUT2D eigenvalue weighted by Crippen LogP contribution is 2.37.